The number of nitrogens with zero attached hydrogens (tertiary/aromatic N) is 2. The lowest BCUT2D eigenvalue weighted by Gasteiger charge is -2.38. The SMILES string of the molecule is CC[C@@]1(C)[C@@H](c2cccc(C)c2)N(c2ccc(Cl)cc2)C(=O)N1c1ccc(Cl)cc1. The van der Waals surface area contributed by atoms with E-state index in [1.54, 1.807) is 0 Å². The smallest absolute Gasteiger partial charge is 0.286 e. The van der Waals surface area contributed by atoms with Crippen molar-refractivity contribution in [2.24, 2.45) is 0 Å². The normalized spacial score (nSPS) is 21.4. The highest BCUT2D eigenvalue weighted by atomic mass is 35.5. The number of carbonyl (C=O) groups excluding carboxylic acids is 1. The average Bonchev–Trinajstić information content (AvgIpc) is 2.97. The van der Waals surface area contributed by atoms with Crippen LogP contribution in [0.2, 0.25) is 10.0 Å². The third kappa shape index (κ3) is 3.46. The second kappa shape index (κ2) is 7.98. The third-order valence-corrected chi connectivity index (χ3v) is 6.52. The lowest BCUT2D eigenvalue weighted by Crippen LogP contribution is -2.45. The van der Waals surface area contributed by atoms with E-state index in [0.29, 0.717) is 10.0 Å². The molecule has 30 heavy (non-hydrogen) atoms. The number of hydrogen-bond donors (Lipinski definition) is 0. The van der Waals surface area contributed by atoms with Crippen LogP contribution in [-0.2, 0) is 0 Å². The Bertz CT molecular complexity index is 1070. The molecular weight excluding hydrogens is 415 g/mol. The van der Waals surface area contributed by atoms with E-state index in [1.807, 2.05) is 58.3 Å². The van der Waals surface area contributed by atoms with Crippen LogP contribution in [0.1, 0.15) is 37.4 Å². The van der Waals surface area contributed by atoms with Crippen molar-refractivity contribution in [1.29, 1.82) is 0 Å². The molecule has 1 aliphatic heterocycles. The molecule has 0 aromatic heterocycles. The molecular formula is C25H24Cl2N2O. The Morgan fingerprint density at radius 2 is 1.47 bits per heavy atom. The van der Waals surface area contributed by atoms with Crippen molar-refractivity contribution in [3.63, 3.8) is 0 Å². The fourth-order valence-electron chi connectivity index (χ4n) is 4.39. The minimum Gasteiger partial charge on any atom is -0.286 e. The van der Waals surface area contributed by atoms with Crippen molar-refractivity contribution in [3.05, 3.63) is 94.0 Å². The monoisotopic (exact) mass is 438 g/mol. The van der Waals surface area contributed by atoms with Crippen molar-refractivity contribution in [1.82, 2.24) is 0 Å². The predicted octanol–water partition coefficient (Wildman–Crippen LogP) is 7.66. The Labute approximate surface area is 187 Å². The van der Waals surface area contributed by atoms with E-state index in [1.165, 1.54) is 5.56 Å². The van der Waals surface area contributed by atoms with E-state index in [2.05, 4.69) is 45.0 Å². The van der Waals surface area contributed by atoms with Gasteiger partial charge < -0.3 is 0 Å². The lowest BCUT2D eigenvalue weighted by atomic mass is 9.83. The molecule has 3 nitrogen and oxygen atoms in total. The number of rotatable bonds is 4. The summed E-state index contributed by atoms with van der Waals surface area (Å²) >= 11 is 12.2. The summed E-state index contributed by atoms with van der Waals surface area (Å²) < 4.78 is 0. The first-order valence-corrected chi connectivity index (χ1v) is 10.8. The Hall–Kier alpha value is -2.49. The summed E-state index contributed by atoms with van der Waals surface area (Å²) in [6.07, 6.45) is 0.782. The molecule has 0 unspecified atom stereocenters. The molecule has 0 aliphatic carbocycles. The molecule has 0 bridgehead atoms. The summed E-state index contributed by atoms with van der Waals surface area (Å²) in [6.45, 7) is 6.36. The lowest BCUT2D eigenvalue weighted by molar-refractivity contribution is 0.254. The predicted molar refractivity (Wildman–Crippen MR) is 126 cm³/mol. The minimum absolute atomic E-state index is 0.0597. The fraction of sp³-hybridized carbons (Fsp3) is 0.240. The largest absolute Gasteiger partial charge is 0.330 e. The molecule has 1 fully saturated rings. The van der Waals surface area contributed by atoms with E-state index < -0.39 is 5.54 Å². The number of urea groups is 1. The maximum Gasteiger partial charge on any atom is 0.330 e. The summed E-state index contributed by atoms with van der Waals surface area (Å²) in [7, 11) is 0. The molecule has 0 N–H and O–H groups in total. The maximum absolute atomic E-state index is 13.9. The topological polar surface area (TPSA) is 23.6 Å². The first-order valence-electron chi connectivity index (χ1n) is 10.1. The maximum atomic E-state index is 13.9. The standard InChI is InChI=1S/C25H24Cl2N2O/c1-4-25(3)23(18-7-5-6-17(2)16-18)28(21-12-8-19(26)9-13-21)24(30)29(25)22-14-10-20(27)11-15-22/h5-16,23H,4H2,1-3H3/t23-,25+/m1/s1. The molecule has 1 aliphatic rings. The highest BCUT2D eigenvalue weighted by Gasteiger charge is 2.55. The zero-order chi connectivity index (χ0) is 21.5. The Balaban J connectivity index is 1.93. The zero-order valence-corrected chi connectivity index (χ0v) is 18.8. The summed E-state index contributed by atoms with van der Waals surface area (Å²) in [6, 6.07) is 23.1. The number of hydrogen-bond acceptors (Lipinski definition) is 1. The Morgan fingerprint density at radius 3 is 2.00 bits per heavy atom. The molecule has 5 heteroatoms. The van der Waals surface area contributed by atoms with E-state index in [-0.39, 0.29) is 12.1 Å². The molecule has 0 saturated carbocycles. The van der Waals surface area contributed by atoms with Gasteiger partial charge in [0.1, 0.15) is 0 Å². The van der Waals surface area contributed by atoms with Gasteiger partial charge in [0.05, 0.1) is 11.6 Å². The van der Waals surface area contributed by atoms with Crippen LogP contribution in [0.25, 0.3) is 0 Å². The molecule has 2 atom stereocenters. The molecule has 2 amide bonds. The summed E-state index contributed by atoms with van der Waals surface area (Å²) in [5.41, 5.74) is 3.48. The Morgan fingerprint density at radius 1 is 0.900 bits per heavy atom. The van der Waals surface area contributed by atoms with Crippen LogP contribution in [0.3, 0.4) is 0 Å². The van der Waals surface area contributed by atoms with E-state index in [9.17, 15) is 4.79 Å². The van der Waals surface area contributed by atoms with Gasteiger partial charge in [0.2, 0.25) is 0 Å². The number of benzene rings is 3. The summed E-state index contributed by atoms with van der Waals surface area (Å²) in [5, 5.41) is 1.29. The first kappa shape index (κ1) is 20.8. The number of halogens is 2. The van der Waals surface area contributed by atoms with Crippen LogP contribution in [0, 0.1) is 6.92 Å². The molecule has 0 spiro atoms. The van der Waals surface area contributed by atoms with E-state index in [0.717, 1.165) is 23.4 Å². The molecule has 154 valence electrons. The van der Waals surface area contributed by atoms with Crippen LogP contribution in [0.5, 0.6) is 0 Å². The van der Waals surface area contributed by atoms with Gasteiger partial charge in [-0.3, -0.25) is 9.80 Å². The van der Waals surface area contributed by atoms with Crippen molar-refractivity contribution < 1.29 is 4.79 Å². The molecule has 1 saturated heterocycles. The van der Waals surface area contributed by atoms with Gasteiger partial charge in [-0.05, 0) is 74.4 Å². The molecule has 1 heterocycles. The average molecular weight is 439 g/mol. The van der Waals surface area contributed by atoms with Crippen LogP contribution in [-0.4, -0.2) is 11.6 Å². The molecule has 3 aromatic rings. The van der Waals surface area contributed by atoms with Gasteiger partial charge in [-0.2, -0.15) is 0 Å². The quantitative estimate of drug-likeness (QED) is 0.409. The van der Waals surface area contributed by atoms with Crippen molar-refractivity contribution in [2.45, 2.75) is 38.8 Å². The third-order valence-electron chi connectivity index (χ3n) is 6.02. The summed E-state index contributed by atoms with van der Waals surface area (Å²) in [4.78, 5) is 17.7. The van der Waals surface area contributed by atoms with Gasteiger partial charge in [-0.1, -0.05) is 60.0 Å². The fourth-order valence-corrected chi connectivity index (χ4v) is 4.65. The van der Waals surface area contributed by atoms with E-state index >= 15 is 0 Å². The van der Waals surface area contributed by atoms with Crippen molar-refractivity contribution in [2.75, 3.05) is 9.80 Å². The zero-order valence-electron chi connectivity index (χ0n) is 17.3. The number of anilines is 2. The molecule has 3 aromatic carbocycles. The minimum atomic E-state index is -0.460. The van der Waals surface area contributed by atoms with Crippen LogP contribution in [0.4, 0.5) is 16.2 Å². The second-order valence-electron chi connectivity index (χ2n) is 7.97. The van der Waals surface area contributed by atoms with Gasteiger partial charge in [-0.15, -0.1) is 0 Å². The van der Waals surface area contributed by atoms with Gasteiger partial charge >= 0.3 is 6.03 Å². The van der Waals surface area contributed by atoms with Crippen LogP contribution < -0.4 is 9.80 Å². The van der Waals surface area contributed by atoms with E-state index in [4.69, 9.17) is 23.2 Å². The number of amides is 2. The number of carbonyl (C=O) groups is 1. The highest BCUT2D eigenvalue weighted by Crippen LogP contribution is 2.49. The number of aryl methyl sites for hydroxylation is 1. The molecule has 0 radical (unpaired) electrons. The first-order chi connectivity index (χ1) is 14.3. The van der Waals surface area contributed by atoms with Gasteiger partial charge in [0.15, 0.2) is 0 Å². The second-order valence-corrected chi connectivity index (χ2v) is 8.84. The van der Waals surface area contributed by atoms with Gasteiger partial charge in [-0.25, -0.2) is 4.79 Å². The van der Waals surface area contributed by atoms with Crippen molar-refractivity contribution in [3.8, 4) is 0 Å². The van der Waals surface area contributed by atoms with Gasteiger partial charge in [0.25, 0.3) is 0 Å². The highest BCUT2D eigenvalue weighted by molar-refractivity contribution is 6.31. The van der Waals surface area contributed by atoms with Crippen molar-refractivity contribution >= 4 is 40.6 Å². The van der Waals surface area contributed by atoms with Gasteiger partial charge in [0, 0.05) is 21.4 Å². The Kier molecular flexibility index (Phi) is 5.52. The van der Waals surface area contributed by atoms with Crippen LogP contribution in [0.15, 0.2) is 72.8 Å². The molecule has 4 rings (SSSR count). The van der Waals surface area contributed by atoms with Crippen LogP contribution >= 0.6 is 23.2 Å². The summed E-state index contributed by atoms with van der Waals surface area (Å²) in [5.74, 6) is 0.